The summed E-state index contributed by atoms with van der Waals surface area (Å²) in [6.07, 6.45) is 0.890. The van der Waals surface area contributed by atoms with Gasteiger partial charge in [0.1, 0.15) is 5.82 Å². The maximum atomic E-state index is 5.52. The molecule has 1 aromatic carbocycles. The van der Waals surface area contributed by atoms with Crippen LogP contribution in [0.3, 0.4) is 0 Å². The monoisotopic (exact) mass is 304 g/mol. The number of nitrogens with zero attached hydrogens (tertiary/aromatic N) is 2. The summed E-state index contributed by atoms with van der Waals surface area (Å²) in [5.74, 6) is 1.03. The van der Waals surface area contributed by atoms with E-state index in [1.165, 1.54) is 10.4 Å². The van der Waals surface area contributed by atoms with Crippen molar-refractivity contribution in [2.24, 2.45) is 4.99 Å². The van der Waals surface area contributed by atoms with E-state index in [-0.39, 0.29) is 0 Å². The van der Waals surface area contributed by atoms with E-state index in [9.17, 15) is 0 Å². The second-order valence-electron chi connectivity index (χ2n) is 5.30. The Morgan fingerprint density at radius 3 is 2.45 bits per heavy atom. The molecule has 0 saturated carbocycles. The first kappa shape index (κ1) is 15.1. The largest absolute Gasteiger partial charge is 0.305 e. The van der Waals surface area contributed by atoms with Crippen molar-refractivity contribution in [3.8, 4) is 0 Å². The average Bonchev–Trinajstić information content (AvgIpc) is 2.66. The Morgan fingerprint density at radius 2 is 1.90 bits per heavy atom. The second kappa shape index (κ2) is 6.46. The van der Waals surface area contributed by atoms with E-state index < -0.39 is 0 Å². The maximum absolute atomic E-state index is 5.52. The predicted octanol–water partition coefficient (Wildman–Crippen LogP) is 5.56. The maximum Gasteiger partial charge on any atom is 0.163 e. The molecule has 1 heterocycles. The van der Waals surface area contributed by atoms with E-state index >= 15 is 0 Å². The SMILES string of the molecule is CC(C)=Nc1c(Cc2ccccc2)sc(=S)n1C(C)C. The van der Waals surface area contributed by atoms with Crippen LogP contribution in [0.15, 0.2) is 35.3 Å². The van der Waals surface area contributed by atoms with Crippen LogP contribution in [-0.2, 0) is 6.42 Å². The van der Waals surface area contributed by atoms with Crippen LogP contribution in [0.25, 0.3) is 0 Å². The number of thiazole rings is 1. The van der Waals surface area contributed by atoms with Gasteiger partial charge in [0.05, 0.1) is 4.88 Å². The summed E-state index contributed by atoms with van der Waals surface area (Å²) in [6.45, 7) is 8.35. The highest BCUT2D eigenvalue weighted by Gasteiger charge is 2.14. The van der Waals surface area contributed by atoms with Gasteiger partial charge in [-0.05, 0) is 45.5 Å². The number of hydrogen-bond acceptors (Lipinski definition) is 3. The zero-order valence-electron chi connectivity index (χ0n) is 12.4. The van der Waals surface area contributed by atoms with Crippen LogP contribution in [0, 0.1) is 3.95 Å². The van der Waals surface area contributed by atoms with E-state index in [0.717, 1.165) is 21.9 Å². The Bertz CT molecular complexity index is 660. The number of aromatic nitrogens is 1. The van der Waals surface area contributed by atoms with Crippen LogP contribution < -0.4 is 0 Å². The van der Waals surface area contributed by atoms with E-state index in [0.29, 0.717) is 6.04 Å². The number of hydrogen-bond donors (Lipinski definition) is 0. The molecule has 0 radical (unpaired) electrons. The lowest BCUT2D eigenvalue weighted by Crippen LogP contribution is -2.01. The van der Waals surface area contributed by atoms with Gasteiger partial charge in [-0.1, -0.05) is 30.3 Å². The van der Waals surface area contributed by atoms with Gasteiger partial charge in [-0.25, -0.2) is 4.99 Å². The molecule has 0 aliphatic carbocycles. The average molecular weight is 304 g/mol. The molecular formula is C16H20N2S2. The lowest BCUT2D eigenvalue weighted by Gasteiger charge is -2.11. The van der Waals surface area contributed by atoms with Gasteiger partial charge in [0.15, 0.2) is 3.95 Å². The van der Waals surface area contributed by atoms with Crippen LogP contribution >= 0.6 is 23.6 Å². The van der Waals surface area contributed by atoms with Gasteiger partial charge < -0.3 is 4.57 Å². The second-order valence-corrected chi connectivity index (χ2v) is 7.03. The van der Waals surface area contributed by atoms with Crippen LogP contribution in [0.2, 0.25) is 0 Å². The van der Waals surface area contributed by atoms with Gasteiger partial charge >= 0.3 is 0 Å². The highest BCUT2D eigenvalue weighted by Crippen LogP contribution is 2.32. The molecule has 0 aliphatic heterocycles. The fourth-order valence-electron chi connectivity index (χ4n) is 2.10. The van der Waals surface area contributed by atoms with Crippen molar-refractivity contribution in [2.75, 3.05) is 0 Å². The Balaban J connectivity index is 2.50. The van der Waals surface area contributed by atoms with Gasteiger partial charge in [0, 0.05) is 18.2 Å². The fourth-order valence-corrected chi connectivity index (χ4v) is 3.78. The normalized spacial score (nSPS) is 10.8. The van der Waals surface area contributed by atoms with E-state index in [1.807, 2.05) is 19.9 Å². The third-order valence-corrected chi connectivity index (χ3v) is 4.33. The van der Waals surface area contributed by atoms with Gasteiger partial charge in [-0.3, -0.25) is 0 Å². The van der Waals surface area contributed by atoms with Gasteiger partial charge in [0.25, 0.3) is 0 Å². The molecule has 1 aromatic heterocycles. The minimum absolute atomic E-state index is 0.335. The molecule has 0 bridgehead atoms. The van der Waals surface area contributed by atoms with E-state index in [4.69, 9.17) is 17.2 Å². The van der Waals surface area contributed by atoms with Crippen molar-refractivity contribution in [2.45, 2.75) is 40.2 Å². The lowest BCUT2D eigenvalue weighted by atomic mass is 10.1. The number of aliphatic imine (C=N–C) groups is 1. The Labute approximate surface area is 129 Å². The molecule has 2 rings (SSSR count). The van der Waals surface area contributed by atoms with Crippen molar-refractivity contribution in [1.82, 2.24) is 4.57 Å². The molecule has 0 amide bonds. The topological polar surface area (TPSA) is 17.3 Å². The van der Waals surface area contributed by atoms with E-state index in [1.54, 1.807) is 11.3 Å². The standard InChI is InChI=1S/C16H20N2S2/c1-11(2)17-15-14(10-13-8-6-5-7-9-13)20-16(19)18(15)12(3)4/h5-9,12H,10H2,1-4H3. The molecule has 0 aliphatic rings. The third-order valence-electron chi connectivity index (χ3n) is 2.94. The highest BCUT2D eigenvalue weighted by atomic mass is 32.1. The number of rotatable bonds is 4. The highest BCUT2D eigenvalue weighted by molar-refractivity contribution is 7.73. The molecule has 0 spiro atoms. The van der Waals surface area contributed by atoms with Crippen molar-refractivity contribution in [3.05, 3.63) is 44.7 Å². The van der Waals surface area contributed by atoms with Crippen LogP contribution in [-0.4, -0.2) is 10.3 Å². The molecule has 106 valence electrons. The summed E-state index contributed by atoms with van der Waals surface area (Å²) in [7, 11) is 0. The first-order valence-corrected chi connectivity index (χ1v) is 8.01. The first-order chi connectivity index (χ1) is 9.49. The summed E-state index contributed by atoms with van der Waals surface area (Å²) in [5.41, 5.74) is 2.35. The summed E-state index contributed by atoms with van der Waals surface area (Å²) in [4.78, 5) is 5.97. The third kappa shape index (κ3) is 3.44. The summed E-state index contributed by atoms with van der Waals surface area (Å²) < 4.78 is 3.07. The molecule has 0 atom stereocenters. The van der Waals surface area contributed by atoms with Crippen molar-refractivity contribution >= 4 is 35.1 Å². The van der Waals surface area contributed by atoms with Crippen molar-refractivity contribution in [1.29, 1.82) is 0 Å². The quantitative estimate of drug-likeness (QED) is 0.533. The molecule has 0 saturated heterocycles. The molecule has 0 N–H and O–H groups in total. The Morgan fingerprint density at radius 1 is 1.25 bits per heavy atom. The molecular weight excluding hydrogens is 284 g/mol. The molecule has 20 heavy (non-hydrogen) atoms. The minimum atomic E-state index is 0.335. The Hall–Kier alpha value is -1.26. The minimum Gasteiger partial charge on any atom is -0.305 e. The van der Waals surface area contributed by atoms with Crippen molar-refractivity contribution < 1.29 is 0 Å². The molecule has 0 unspecified atom stereocenters. The number of benzene rings is 1. The Kier molecular flexibility index (Phi) is 4.89. The first-order valence-electron chi connectivity index (χ1n) is 6.79. The van der Waals surface area contributed by atoms with Crippen molar-refractivity contribution in [3.63, 3.8) is 0 Å². The summed E-state index contributed by atoms with van der Waals surface area (Å²) >= 11 is 7.19. The lowest BCUT2D eigenvalue weighted by molar-refractivity contribution is 0.603. The fraction of sp³-hybridized carbons (Fsp3) is 0.375. The van der Waals surface area contributed by atoms with Gasteiger partial charge in [-0.15, -0.1) is 11.3 Å². The summed E-state index contributed by atoms with van der Waals surface area (Å²) in [6, 6.07) is 10.8. The zero-order valence-corrected chi connectivity index (χ0v) is 14.0. The molecule has 2 aromatic rings. The van der Waals surface area contributed by atoms with Gasteiger partial charge in [0.2, 0.25) is 0 Å². The molecule has 4 heteroatoms. The van der Waals surface area contributed by atoms with Crippen LogP contribution in [0.1, 0.15) is 44.2 Å². The zero-order chi connectivity index (χ0) is 14.7. The van der Waals surface area contributed by atoms with Gasteiger partial charge in [-0.2, -0.15) is 0 Å². The predicted molar refractivity (Wildman–Crippen MR) is 91.2 cm³/mol. The summed E-state index contributed by atoms with van der Waals surface area (Å²) in [5, 5.41) is 0. The van der Waals surface area contributed by atoms with Crippen LogP contribution in [0.5, 0.6) is 0 Å². The molecule has 0 fully saturated rings. The van der Waals surface area contributed by atoms with E-state index in [2.05, 4.69) is 42.7 Å². The smallest absolute Gasteiger partial charge is 0.163 e. The molecule has 2 nitrogen and oxygen atoms in total. The van der Waals surface area contributed by atoms with Crippen LogP contribution in [0.4, 0.5) is 5.82 Å².